The Balaban J connectivity index is 0.00000264. The summed E-state index contributed by atoms with van der Waals surface area (Å²) >= 11 is 0. The molecule has 0 radical (unpaired) electrons. The van der Waals surface area contributed by atoms with Crippen LogP contribution in [-0.2, 0) is 5.41 Å². The van der Waals surface area contributed by atoms with Crippen LogP contribution in [0.15, 0.2) is 24.3 Å². The number of nitrogens with zero attached hydrogens (tertiary/aromatic N) is 1. The molecule has 0 spiro atoms. The van der Waals surface area contributed by atoms with E-state index in [1.807, 2.05) is 0 Å². The minimum absolute atomic E-state index is 0. The van der Waals surface area contributed by atoms with Gasteiger partial charge in [-0.3, -0.25) is 4.90 Å². The number of halogens is 2. The minimum Gasteiger partial charge on any atom is -0.314 e. The highest BCUT2D eigenvalue weighted by molar-refractivity contribution is 5.85. The summed E-state index contributed by atoms with van der Waals surface area (Å²) in [5, 5.41) is 3.48. The van der Waals surface area contributed by atoms with Gasteiger partial charge in [-0.25, -0.2) is 0 Å². The molecule has 0 bridgehead atoms. The molecule has 1 heterocycles. The predicted octanol–water partition coefficient (Wildman–Crippen LogP) is 5.35. The second-order valence-corrected chi connectivity index (χ2v) is 7.67. The second kappa shape index (κ2) is 11.4. The maximum atomic E-state index is 3.48. The van der Waals surface area contributed by atoms with Crippen molar-refractivity contribution in [1.29, 1.82) is 0 Å². The van der Waals surface area contributed by atoms with Crippen molar-refractivity contribution in [3.05, 3.63) is 35.4 Å². The van der Waals surface area contributed by atoms with Gasteiger partial charge in [0.2, 0.25) is 0 Å². The molecule has 1 aliphatic rings. The molecule has 1 aromatic carbocycles. The van der Waals surface area contributed by atoms with Crippen LogP contribution in [-0.4, -0.2) is 31.1 Å². The summed E-state index contributed by atoms with van der Waals surface area (Å²) in [6, 6.07) is 10.0. The van der Waals surface area contributed by atoms with Crippen LogP contribution in [0.3, 0.4) is 0 Å². The molecule has 0 saturated carbocycles. The highest BCUT2D eigenvalue weighted by atomic mass is 35.5. The molecule has 1 aromatic rings. The number of nitrogens with one attached hydrogen (secondary N) is 1. The first-order chi connectivity index (χ1) is 10.5. The van der Waals surface area contributed by atoms with E-state index < -0.39 is 0 Å². The van der Waals surface area contributed by atoms with E-state index in [0.29, 0.717) is 6.04 Å². The minimum atomic E-state index is 0. The van der Waals surface area contributed by atoms with Crippen LogP contribution in [0.2, 0.25) is 0 Å². The highest BCUT2D eigenvalue weighted by Crippen LogP contribution is 2.29. The third-order valence-electron chi connectivity index (χ3n) is 4.83. The van der Waals surface area contributed by atoms with Gasteiger partial charge < -0.3 is 5.32 Å². The molecule has 24 heavy (non-hydrogen) atoms. The molecular formula is C20H36Cl2N2. The summed E-state index contributed by atoms with van der Waals surface area (Å²) in [4.78, 5) is 2.68. The lowest BCUT2D eigenvalue weighted by atomic mass is 9.85. The quantitative estimate of drug-likeness (QED) is 0.674. The summed E-state index contributed by atoms with van der Waals surface area (Å²) in [6.45, 7) is 13.8. The summed E-state index contributed by atoms with van der Waals surface area (Å²) in [5.74, 6) is 0. The Labute approximate surface area is 161 Å². The Morgan fingerprint density at radius 3 is 2.08 bits per heavy atom. The van der Waals surface area contributed by atoms with Crippen LogP contribution < -0.4 is 5.32 Å². The third kappa shape index (κ3) is 6.92. The molecule has 1 atom stereocenters. The SMILES string of the molecule is CCCCC[C@H](c1ccc(C(C)(C)C)cc1)N1CCNCC1.Cl.Cl. The molecule has 2 rings (SSSR count). The third-order valence-corrected chi connectivity index (χ3v) is 4.83. The Morgan fingerprint density at radius 1 is 1.00 bits per heavy atom. The van der Waals surface area contributed by atoms with Crippen molar-refractivity contribution in [3.8, 4) is 0 Å². The van der Waals surface area contributed by atoms with Gasteiger partial charge in [-0.05, 0) is 23.0 Å². The van der Waals surface area contributed by atoms with E-state index in [0.717, 1.165) is 13.1 Å². The van der Waals surface area contributed by atoms with Crippen molar-refractivity contribution in [3.63, 3.8) is 0 Å². The first-order valence-corrected chi connectivity index (χ1v) is 9.07. The topological polar surface area (TPSA) is 15.3 Å². The van der Waals surface area contributed by atoms with Gasteiger partial charge in [0.1, 0.15) is 0 Å². The fraction of sp³-hybridized carbons (Fsp3) is 0.700. The molecule has 0 unspecified atom stereocenters. The monoisotopic (exact) mass is 374 g/mol. The van der Waals surface area contributed by atoms with Crippen LogP contribution >= 0.6 is 24.8 Å². The van der Waals surface area contributed by atoms with Gasteiger partial charge in [0, 0.05) is 32.2 Å². The molecule has 1 N–H and O–H groups in total. The number of benzene rings is 1. The summed E-state index contributed by atoms with van der Waals surface area (Å²) in [6.07, 6.45) is 5.29. The van der Waals surface area contributed by atoms with Crippen LogP contribution in [0.4, 0.5) is 0 Å². The first kappa shape index (κ1) is 23.7. The van der Waals surface area contributed by atoms with Crippen LogP contribution in [0.25, 0.3) is 0 Å². The van der Waals surface area contributed by atoms with E-state index >= 15 is 0 Å². The summed E-state index contributed by atoms with van der Waals surface area (Å²) in [5.41, 5.74) is 3.18. The first-order valence-electron chi connectivity index (χ1n) is 9.07. The van der Waals surface area contributed by atoms with E-state index in [1.54, 1.807) is 0 Å². The van der Waals surface area contributed by atoms with Gasteiger partial charge in [0.25, 0.3) is 0 Å². The standard InChI is InChI=1S/C20H34N2.2ClH/c1-5-6-7-8-19(22-15-13-21-14-16-22)17-9-11-18(12-10-17)20(2,3)4;;/h9-12,19,21H,5-8,13-16H2,1-4H3;2*1H/t19-;;/m1../s1. The van der Waals surface area contributed by atoms with Gasteiger partial charge in [-0.1, -0.05) is 71.2 Å². The van der Waals surface area contributed by atoms with Crippen molar-refractivity contribution < 1.29 is 0 Å². The average Bonchev–Trinajstić information content (AvgIpc) is 2.52. The fourth-order valence-corrected chi connectivity index (χ4v) is 3.35. The zero-order valence-electron chi connectivity index (χ0n) is 15.8. The van der Waals surface area contributed by atoms with Gasteiger partial charge in [-0.15, -0.1) is 24.8 Å². The van der Waals surface area contributed by atoms with Gasteiger partial charge in [-0.2, -0.15) is 0 Å². The molecule has 0 amide bonds. The Bertz CT molecular complexity index is 434. The van der Waals surface area contributed by atoms with Crippen LogP contribution in [0.1, 0.15) is 70.5 Å². The van der Waals surface area contributed by atoms with E-state index in [4.69, 9.17) is 0 Å². The lowest BCUT2D eigenvalue weighted by Crippen LogP contribution is -2.45. The van der Waals surface area contributed by atoms with Crippen molar-refractivity contribution >= 4 is 24.8 Å². The van der Waals surface area contributed by atoms with Crippen molar-refractivity contribution in [1.82, 2.24) is 10.2 Å². The number of piperazine rings is 1. The smallest absolute Gasteiger partial charge is 0.0349 e. The number of rotatable bonds is 6. The Morgan fingerprint density at radius 2 is 1.58 bits per heavy atom. The molecule has 1 aliphatic heterocycles. The van der Waals surface area contributed by atoms with Gasteiger partial charge >= 0.3 is 0 Å². The molecule has 140 valence electrons. The lowest BCUT2D eigenvalue weighted by molar-refractivity contribution is 0.162. The molecule has 1 fully saturated rings. The van der Waals surface area contributed by atoms with E-state index in [9.17, 15) is 0 Å². The maximum Gasteiger partial charge on any atom is 0.0349 e. The fourth-order valence-electron chi connectivity index (χ4n) is 3.35. The summed E-state index contributed by atoms with van der Waals surface area (Å²) < 4.78 is 0. The summed E-state index contributed by atoms with van der Waals surface area (Å²) in [7, 11) is 0. The van der Waals surface area contributed by atoms with E-state index in [1.165, 1.54) is 49.9 Å². The molecular weight excluding hydrogens is 339 g/mol. The normalized spacial score (nSPS) is 16.8. The van der Waals surface area contributed by atoms with Gasteiger partial charge in [0.05, 0.1) is 0 Å². The van der Waals surface area contributed by atoms with E-state index in [2.05, 4.69) is 62.2 Å². The number of hydrogen-bond acceptors (Lipinski definition) is 2. The van der Waals surface area contributed by atoms with Crippen LogP contribution in [0.5, 0.6) is 0 Å². The maximum absolute atomic E-state index is 3.48. The Hall–Kier alpha value is -0.280. The highest BCUT2D eigenvalue weighted by Gasteiger charge is 2.22. The molecule has 1 saturated heterocycles. The molecule has 2 nitrogen and oxygen atoms in total. The number of unbranched alkanes of at least 4 members (excludes halogenated alkanes) is 2. The van der Waals surface area contributed by atoms with Crippen molar-refractivity contribution in [2.45, 2.75) is 64.8 Å². The van der Waals surface area contributed by atoms with Gasteiger partial charge in [0.15, 0.2) is 0 Å². The number of hydrogen-bond donors (Lipinski definition) is 1. The Kier molecular flexibility index (Phi) is 11.2. The largest absolute Gasteiger partial charge is 0.314 e. The van der Waals surface area contributed by atoms with E-state index in [-0.39, 0.29) is 30.2 Å². The zero-order valence-corrected chi connectivity index (χ0v) is 17.4. The van der Waals surface area contributed by atoms with Crippen molar-refractivity contribution in [2.75, 3.05) is 26.2 Å². The lowest BCUT2D eigenvalue weighted by Gasteiger charge is -2.35. The average molecular weight is 375 g/mol. The van der Waals surface area contributed by atoms with Crippen molar-refractivity contribution in [2.24, 2.45) is 0 Å². The molecule has 0 aliphatic carbocycles. The second-order valence-electron chi connectivity index (χ2n) is 7.67. The molecule has 0 aromatic heterocycles. The molecule has 4 heteroatoms. The predicted molar refractivity (Wildman–Crippen MR) is 111 cm³/mol. The van der Waals surface area contributed by atoms with Crippen LogP contribution in [0, 0.1) is 0 Å². The zero-order chi connectivity index (χ0) is 16.0.